The zero-order chi connectivity index (χ0) is 10.1. The van der Waals surface area contributed by atoms with Gasteiger partial charge in [-0.15, -0.1) is 5.10 Å². The highest BCUT2D eigenvalue weighted by Gasteiger charge is 2.06. The normalized spacial score (nSPS) is 10.5. The van der Waals surface area contributed by atoms with E-state index in [0.717, 1.165) is 5.69 Å². The number of benzene rings is 1. The van der Waals surface area contributed by atoms with Crippen LogP contribution in [-0.4, -0.2) is 20.2 Å². The van der Waals surface area contributed by atoms with Crippen LogP contribution in [0.15, 0.2) is 22.9 Å². The molecule has 72 valence electrons. The summed E-state index contributed by atoms with van der Waals surface area (Å²) in [7, 11) is 0. The first kappa shape index (κ1) is 9.89. The quantitative estimate of drug-likeness (QED) is 0.812. The minimum absolute atomic E-state index is 0.464. The molecular formula is C7H3BrCl2N4. The predicted molar refractivity (Wildman–Crippen MR) is 56.9 cm³/mol. The third kappa shape index (κ3) is 1.75. The van der Waals surface area contributed by atoms with E-state index in [1.165, 1.54) is 4.68 Å². The molecule has 0 unspecified atom stereocenters. The number of rotatable bonds is 1. The number of tetrazole rings is 1. The van der Waals surface area contributed by atoms with Gasteiger partial charge >= 0.3 is 0 Å². The van der Waals surface area contributed by atoms with Gasteiger partial charge in [0, 0.05) is 0 Å². The molecule has 0 atom stereocenters. The highest BCUT2D eigenvalue weighted by molar-refractivity contribution is 9.10. The van der Waals surface area contributed by atoms with Gasteiger partial charge in [0.25, 0.3) is 0 Å². The maximum absolute atomic E-state index is 5.85. The molecule has 1 heterocycles. The van der Waals surface area contributed by atoms with Crippen molar-refractivity contribution in [1.29, 1.82) is 0 Å². The van der Waals surface area contributed by atoms with Gasteiger partial charge in [0.2, 0.25) is 4.73 Å². The average molecular weight is 294 g/mol. The second-order valence-corrected chi connectivity index (χ2v) is 3.98. The van der Waals surface area contributed by atoms with E-state index in [2.05, 4.69) is 31.5 Å². The largest absolute Gasteiger partial charge is 0.222 e. The molecule has 0 saturated carbocycles. The van der Waals surface area contributed by atoms with Crippen molar-refractivity contribution in [2.45, 2.75) is 0 Å². The van der Waals surface area contributed by atoms with Crippen LogP contribution in [0.1, 0.15) is 0 Å². The fourth-order valence-corrected chi connectivity index (χ4v) is 1.59. The van der Waals surface area contributed by atoms with Crippen molar-refractivity contribution >= 4 is 39.1 Å². The summed E-state index contributed by atoms with van der Waals surface area (Å²) in [5.41, 5.74) is 0.747. The highest BCUT2D eigenvalue weighted by Crippen LogP contribution is 2.24. The number of hydrogen-bond acceptors (Lipinski definition) is 3. The molecule has 2 aromatic rings. The van der Waals surface area contributed by atoms with Crippen LogP contribution >= 0.6 is 39.1 Å². The molecule has 0 saturated heterocycles. The van der Waals surface area contributed by atoms with E-state index in [4.69, 9.17) is 23.2 Å². The van der Waals surface area contributed by atoms with Gasteiger partial charge in [-0.05, 0) is 44.6 Å². The van der Waals surface area contributed by atoms with Crippen molar-refractivity contribution in [2.75, 3.05) is 0 Å². The Morgan fingerprint density at radius 2 is 2.00 bits per heavy atom. The third-order valence-electron chi connectivity index (χ3n) is 1.58. The fourth-order valence-electron chi connectivity index (χ4n) is 0.951. The number of hydrogen-bond donors (Lipinski definition) is 0. The number of nitrogens with zero attached hydrogens (tertiary/aromatic N) is 4. The molecule has 14 heavy (non-hydrogen) atoms. The standard InChI is InChI=1S/C7H3BrCl2N4/c8-7-11-12-13-14(7)4-1-2-5(9)6(10)3-4/h1-3H. The molecule has 0 aliphatic rings. The molecule has 0 aliphatic carbocycles. The van der Waals surface area contributed by atoms with E-state index >= 15 is 0 Å². The second kappa shape index (κ2) is 3.84. The monoisotopic (exact) mass is 292 g/mol. The topological polar surface area (TPSA) is 43.6 Å². The minimum Gasteiger partial charge on any atom is -0.187 e. The summed E-state index contributed by atoms with van der Waals surface area (Å²) in [5, 5.41) is 11.9. The molecule has 7 heteroatoms. The number of aromatic nitrogens is 4. The van der Waals surface area contributed by atoms with Crippen molar-refractivity contribution in [3.63, 3.8) is 0 Å². The van der Waals surface area contributed by atoms with Gasteiger partial charge in [-0.1, -0.05) is 23.2 Å². The maximum Gasteiger partial charge on any atom is 0.222 e. The Morgan fingerprint density at radius 3 is 2.57 bits per heavy atom. The van der Waals surface area contributed by atoms with E-state index in [1.807, 2.05) is 0 Å². The van der Waals surface area contributed by atoms with Crippen molar-refractivity contribution in [3.8, 4) is 5.69 Å². The van der Waals surface area contributed by atoms with Crippen LogP contribution in [0, 0.1) is 0 Å². The first-order valence-corrected chi connectivity index (χ1v) is 5.12. The second-order valence-electron chi connectivity index (χ2n) is 2.46. The molecular weight excluding hydrogens is 291 g/mol. The zero-order valence-corrected chi connectivity index (χ0v) is 9.75. The molecule has 0 fully saturated rings. The van der Waals surface area contributed by atoms with Gasteiger partial charge in [-0.25, -0.2) is 0 Å². The number of halogens is 3. The Hall–Kier alpha value is -0.650. The third-order valence-corrected chi connectivity index (χ3v) is 2.81. The minimum atomic E-state index is 0.464. The molecule has 1 aromatic carbocycles. The van der Waals surface area contributed by atoms with E-state index in [-0.39, 0.29) is 0 Å². The van der Waals surface area contributed by atoms with E-state index < -0.39 is 0 Å². The Kier molecular flexibility index (Phi) is 2.71. The lowest BCUT2D eigenvalue weighted by molar-refractivity contribution is 0.783. The van der Waals surface area contributed by atoms with Crippen LogP contribution in [-0.2, 0) is 0 Å². The van der Waals surface area contributed by atoms with Crippen LogP contribution < -0.4 is 0 Å². The summed E-state index contributed by atoms with van der Waals surface area (Å²) in [6.45, 7) is 0. The molecule has 2 rings (SSSR count). The van der Waals surface area contributed by atoms with Gasteiger partial charge in [-0.2, -0.15) is 4.68 Å². The molecule has 1 aromatic heterocycles. The molecule has 0 amide bonds. The van der Waals surface area contributed by atoms with Gasteiger partial charge in [0.1, 0.15) is 0 Å². The lowest BCUT2D eigenvalue weighted by Gasteiger charge is -2.01. The Bertz CT molecular complexity index is 470. The van der Waals surface area contributed by atoms with Crippen molar-refractivity contribution in [1.82, 2.24) is 20.2 Å². The van der Waals surface area contributed by atoms with E-state index in [0.29, 0.717) is 14.8 Å². The summed E-state index contributed by atoms with van der Waals surface area (Å²) < 4.78 is 2.01. The predicted octanol–water partition coefficient (Wildman–Crippen LogP) is 2.73. The van der Waals surface area contributed by atoms with Crippen molar-refractivity contribution in [3.05, 3.63) is 33.0 Å². The summed E-state index contributed by atoms with van der Waals surface area (Å²) >= 11 is 14.8. The summed E-state index contributed by atoms with van der Waals surface area (Å²) in [6.07, 6.45) is 0. The lowest BCUT2D eigenvalue weighted by Crippen LogP contribution is -1.96. The fraction of sp³-hybridized carbons (Fsp3) is 0. The van der Waals surface area contributed by atoms with Gasteiger partial charge < -0.3 is 0 Å². The molecule has 0 aliphatic heterocycles. The van der Waals surface area contributed by atoms with Crippen molar-refractivity contribution < 1.29 is 0 Å². The SMILES string of the molecule is Clc1ccc(-n2nnnc2Br)cc1Cl. The van der Waals surface area contributed by atoms with Gasteiger partial charge in [0.05, 0.1) is 15.7 Å². The smallest absolute Gasteiger partial charge is 0.187 e. The summed E-state index contributed by atoms with van der Waals surface area (Å²) in [4.78, 5) is 0. The Morgan fingerprint density at radius 1 is 1.21 bits per heavy atom. The van der Waals surface area contributed by atoms with Crippen LogP contribution in [0.25, 0.3) is 5.69 Å². The van der Waals surface area contributed by atoms with E-state index in [1.54, 1.807) is 18.2 Å². The Balaban J connectivity index is 2.53. The summed E-state index contributed by atoms with van der Waals surface area (Å²) in [6, 6.07) is 5.15. The molecule has 0 N–H and O–H groups in total. The first-order chi connectivity index (χ1) is 6.68. The van der Waals surface area contributed by atoms with Crippen LogP contribution in [0.5, 0.6) is 0 Å². The van der Waals surface area contributed by atoms with Crippen molar-refractivity contribution in [2.24, 2.45) is 0 Å². The first-order valence-electron chi connectivity index (χ1n) is 3.58. The van der Waals surface area contributed by atoms with Gasteiger partial charge in [0.15, 0.2) is 0 Å². The van der Waals surface area contributed by atoms with Gasteiger partial charge in [-0.3, -0.25) is 0 Å². The van der Waals surface area contributed by atoms with E-state index in [9.17, 15) is 0 Å². The highest BCUT2D eigenvalue weighted by atomic mass is 79.9. The molecule has 4 nitrogen and oxygen atoms in total. The average Bonchev–Trinajstić information content (AvgIpc) is 2.57. The molecule has 0 spiro atoms. The maximum atomic E-state index is 5.85. The Labute approximate surface area is 97.9 Å². The molecule has 0 bridgehead atoms. The summed E-state index contributed by atoms with van der Waals surface area (Å²) in [5.74, 6) is 0. The molecule has 0 radical (unpaired) electrons. The zero-order valence-electron chi connectivity index (χ0n) is 6.65. The van der Waals surface area contributed by atoms with Crippen LogP contribution in [0.4, 0.5) is 0 Å². The van der Waals surface area contributed by atoms with Crippen LogP contribution in [0.2, 0.25) is 10.0 Å². The lowest BCUT2D eigenvalue weighted by atomic mass is 10.3. The van der Waals surface area contributed by atoms with Crippen LogP contribution in [0.3, 0.4) is 0 Å².